The van der Waals surface area contributed by atoms with Gasteiger partial charge >= 0.3 is 0 Å². The molecule has 0 radical (unpaired) electrons. The topological polar surface area (TPSA) is 50.4 Å². The first kappa shape index (κ1) is 14.4. The van der Waals surface area contributed by atoms with Gasteiger partial charge in [0.1, 0.15) is 0 Å². The molecule has 1 aromatic heterocycles. The van der Waals surface area contributed by atoms with Crippen LogP contribution in [0, 0.1) is 0 Å². The molecule has 1 saturated heterocycles. The van der Waals surface area contributed by atoms with Gasteiger partial charge < -0.3 is 15.4 Å². The van der Waals surface area contributed by atoms with Crippen molar-refractivity contribution in [1.29, 1.82) is 0 Å². The Kier molecular flexibility index (Phi) is 6.50. The Bertz CT molecular complexity index is 326. The van der Waals surface area contributed by atoms with Gasteiger partial charge in [-0.05, 0) is 22.4 Å². The molecule has 0 saturated carbocycles. The van der Waals surface area contributed by atoms with E-state index in [1.165, 1.54) is 0 Å². The van der Waals surface area contributed by atoms with Crippen molar-refractivity contribution in [1.82, 2.24) is 10.6 Å². The number of nitrogens with one attached hydrogen (secondary N) is 2. The number of amides is 1. The van der Waals surface area contributed by atoms with Gasteiger partial charge in [0.2, 0.25) is 5.91 Å². The highest BCUT2D eigenvalue weighted by molar-refractivity contribution is 7.07. The molecule has 1 aliphatic rings. The highest BCUT2D eigenvalue weighted by Gasteiger charge is 2.16. The molecule has 1 fully saturated rings. The Hall–Kier alpha value is -0.620. The lowest BCUT2D eigenvalue weighted by molar-refractivity contribution is -0.122. The molecule has 1 aliphatic heterocycles. The summed E-state index contributed by atoms with van der Waals surface area (Å²) in [6, 6.07) is 2.18. The van der Waals surface area contributed by atoms with Crippen molar-refractivity contribution in [2.75, 3.05) is 19.8 Å². The Morgan fingerprint density at radius 1 is 1.65 bits per heavy atom. The lowest BCUT2D eigenvalue weighted by Crippen LogP contribution is -2.44. The van der Waals surface area contributed by atoms with E-state index in [9.17, 15) is 4.79 Å². The summed E-state index contributed by atoms with van der Waals surface area (Å²) in [5.74, 6) is 0.0780. The van der Waals surface area contributed by atoms with Crippen LogP contribution in [0.4, 0.5) is 0 Å². The predicted octanol–water partition coefficient (Wildman–Crippen LogP) is 1.16. The fraction of sp³-hybridized carbons (Fsp3) is 0.545. The smallest absolute Gasteiger partial charge is 0.221 e. The van der Waals surface area contributed by atoms with Crippen LogP contribution in [-0.2, 0) is 16.1 Å². The fourth-order valence-electron chi connectivity index (χ4n) is 1.64. The second-order valence-corrected chi connectivity index (χ2v) is 4.62. The number of halogens is 1. The molecule has 1 unspecified atom stereocenters. The van der Waals surface area contributed by atoms with Crippen molar-refractivity contribution >= 4 is 29.7 Å². The second kappa shape index (κ2) is 7.66. The Morgan fingerprint density at radius 2 is 2.53 bits per heavy atom. The van der Waals surface area contributed by atoms with E-state index >= 15 is 0 Å². The van der Waals surface area contributed by atoms with E-state index in [4.69, 9.17) is 4.74 Å². The predicted molar refractivity (Wildman–Crippen MR) is 70.6 cm³/mol. The molecule has 2 heterocycles. The van der Waals surface area contributed by atoms with Crippen LogP contribution < -0.4 is 10.6 Å². The summed E-state index contributed by atoms with van der Waals surface area (Å²) < 4.78 is 5.29. The van der Waals surface area contributed by atoms with Gasteiger partial charge in [0.25, 0.3) is 0 Å². The third kappa shape index (κ3) is 5.04. The molecule has 2 rings (SSSR count). The molecule has 6 heteroatoms. The minimum Gasteiger partial charge on any atom is -0.378 e. The van der Waals surface area contributed by atoms with E-state index in [2.05, 4.69) is 10.6 Å². The first-order valence-corrected chi connectivity index (χ1v) is 6.38. The maximum Gasteiger partial charge on any atom is 0.221 e. The minimum atomic E-state index is 0. The van der Waals surface area contributed by atoms with E-state index in [-0.39, 0.29) is 24.4 Å². The minimum absolute atomic E-state index is 0. The normalized spacial score (nSPS) is 19.4. The maximum absolute atomic E-state index is 11.6. The summed E-state index contributed by atoms with van der Waals surface area (Å²) in [5, 5.41) is 10.2. The summed E-state index contributed by atoms with van der Waals surface area (Å²) >= 11 is 1.64. The van der Waals surface area contributed by atoms with Crippen LogP contribution in [-0.4, -0.2) is 31.7 Å². The largest absolute Gasteiger partial charge is 0.378 e. The molecule has 0 spiro atoms. The van der Waals surface area contributed by atoms with Crippen LogP contribution in [0.3, 0.4) is 0 Å². The molecule has 1 atom stereocenters. The summed E-state index contributed by atoms with van der Waals surface area (Å²) in [5.41, 5.74) is 1.16. The molecule has 0 aliphatic carbocycles. The first-order chi connectivity index (χ1) is 7.84. The fourth-order valence-corrected chi connectivity index (χ4v) is 2.31. The lowest BCUT2D eigenvalue weighted by Gasteiger charge is -2.23. The van der Waals surface area contributed by atoms with Crippen LogP contribution in [0.2, 0.25) is 0 Å². The molecule has 0 aromatic carbocycles. The van der Waals surface area contributed by atoms with Crippen LogP contribution in [0.1, 0.15) is 12.0 Å². The number of ether oxygens (including phenoxy) is 1. The van der Waals surface area contributed by atoms with Crippen LogP contribution in [0.15, 0.2) is 16.8 Å². The number of carbonyl (C=O) groups is 1. The Morgan fingerprint density at radius 3 is 3.18 bits per heavy atom. The second-order valence-electron chi connectivity index (χ2n) is 3.84. The van der Waals surface area contributed by atoms with Crippen molar-refractivity contribution < 1.29 is 9.53 Å². The number of hydrogen-bond donors (Lipinski definition) is 2. The highest BCUT2D eigenvalue weighted by atomic mass is 35.5. The summed E-state index contributed by atoms with van der Waals surface area (Å²) in [6.45, 7) is 2.83. The van der Waals surface area contributed by atoms with Crippen molar-refractivity contribution in [3.63, 3.8) is 0 Å². The van der Waals surface area contributed by atoms with E-state index in [1.54, 1.807) is 11.3 Å². The molecule has 1 aromatic rings. The molecule has 17 heavy (non-hydrogen) atoms. The molecule has 4 nitrogen and oxygen atoms in total. The van der Waals surface area contributed by atoms with Gasteiger partial charge in [0.15, 0.2) is 0 Å². The van der Waals surface area contributed by atoms with Gasteiger partial charge in [-0.1, -0.05) is 0 Å². The maximum atomic E-state index is 11.6. The number of morpholine rings is 1. The van der Waals surface area contributed by atoms with Gasteiger partial charge in [0, 0.05) is 25.6 Å². The number of carbonyl (C=O) groups excluding carboxylic acids is 1. The zero-order valence-corrected chi connectivity index (χ0v) is 11.1. The number of rotatable bonds is 4. The monoisotopic (exact) mass is 276 g/mol. The zero-order valence-electron chi connectivity index (χ0n) is 9.48. The van der Waals surface area contributed by atoms with Gasteiger partial charge in [-0.3, -0.25) is 4.79 Å². The van der Waals surface area contributed by atoms with Gasteiger partial charge in [-0.2, -0.15) is 11.3 Å². The van der Waals surface area contributed by atoms with Gasteiger partial charge in [0.05, 0.1) is 13.2 Å². The SMILES string of the molecule is Cl.O=C(CC1COCCN1)NCc1ccsc1. The molecule has 2 N–H and O–H groups in total. The van der Waals surface area contributed by atoms with Gasteiger partial charge in [-0.25, -0.2) is 0 Å². The molecule has 0 bridgehead atoms. The first-order valence-electron chi connectivity index (χ1n) is 5.43. The van der Waals surface area contributed by atoms with Gasteiger partial charge in [-0.15, -0.1) is 12.4 Å². The third-order valence-electron chi connectivity index (χ3n) is 2.50. The Labute approximate surface area is 111 Å². The zero-order chi connectivity index (χ0) is 11.2. The average Bonchev–Trinajstić information content (AvgIpc) is 2.81. The van der Waals surface area contributed by atoms with Crippen molar-refractivity contribution in [3.8, 4) is 0 Å². The van der Waals surface area contributed by atoms with Crippen molar-refractivity contribution in [2.24, 2.45) is 0 Å². The molecule has 96 valence electrons. The number of thiophene rings is 1. The van der Waals surface area contributed by atoms with E-state index in [0.29, 0.717) is 19.6 Å². The van der Waals surface area contributed by atoms with E-state index < -0.39 is 0 Å². The van der Waals surface area contributed by atoms with E-state index in [1.807, 2.05) is 16.8 Å². The van der Waals surface area contributed by atoms with Crippen molar-refractivity contribution in [2.45, 2.75) is 19.0 Å². The van der Waals surface area contributed by atoms with Crippen LogP contribution in [0.25, 0.3) is 0 Å². The van der Waals surface area contributed by atoms with Crippen LogP contribution >= 0.6 is 23.7 Å². The number of hydrogen-bond acceptors (Lipinski definition) is 4. The van der Waals surface area contributed by atoms with E-state index in [0.717, 1.165) is 18.7 Å². The summed E-state index contributed by atoms with van der Waals surface area (Å²) in [6.07, 6.45) is 0.490. The average molecular weight is 277 g/mol. The Balaban J connectivity index is 0.00000144. The standard InChI is InChI=1S/C11H16N2O2S.ClH/c14-11(5-10-7-15-3-2-12-10)13-6-9-1-4-16-8-9;/h1,4,8,10,12H,2-3,5-7H2,(H,13,14);1H. The summed E-state index contributed by atoms with van der Waals surface area (Å²) in [4.78, 5) is 11.6. The third-order valence-corrected chi connectivity index (χ3v) is 3.23. The van der Waals surface area contributed by atoms with Crippen molar-refractivity contribution in [3.05, 3.63) is 22.4 Å². The molecule has 1 amide bonds. The van der Waals surface area contributed by atoms with Crippen LogP contribution in [0.5, 0.6) is 0 Å². The quantitative estimate of drug-likeness (QED) is 0.868. The highest BCUT2D eigenvalue weighted by Crippen LogP contribution is 2.05. The lowest BCUT2D eigenvalue weighted by atomic mass is 10.2. The summed E-state index contributed by atoms with van der Waals surface area (Å²) in [7, 11) is 0. The molecular weight excluding hydrogens is 260 g/mol. The molecular formula is C11H17ClN2O2S.